The second kappa shape index (κ2) is 18.5. The van der Waals surface area contributed by atoms with Crippen LogP contribution in [0.1, 0.15) is 50.2 Å². The first kappa shape index (κ1) is 38.3. The fraction of sp³-hybridized carbons (Fsp3) is 0.432. The van der Waals surface area contributed by atoms with Gasteiger partial charge in [-0.1, -0.05) is 79.7 Å². The van der Waals surface area contributed by atoms with E-state index in [2.05, 4.69) is 21.3 Å². The van der Waals surface area contributed by atoms with Gasteiger partial charge in [-0.05, 0) is 30.4 Å². The Bertz CT molecular complexity index is 1600. The number of carbonyl (C=O) groups excluding carboxylic acids is 7. The highest BCUT2D eigenvalue weighted by atomic mass is 16.5. The summed E-state index contributed by atoms with van der Waals surface area (Å²) >= 11 is 0. The van der Waals surface area contributed by atoms with Crippen molar-refractivity contribution in [1.29, 1.82) is 0 Å². The van der Waals surface area contributed by atoms with Gasteiger partial charge in [0, 0.05) is 19.4 Å². The van der Waals surface area contributed by atoms with E-state index >= 15 is 0 Å². The number of hydrogen-bond donors (Lipinski definition) is 4. The number of nitrogens with zero attached hydrogens (tertiary/aromatic N) is 1. The molecule has 2 heterocycles. The lowest BCUT2D eigenvalue weighted by atomic mass is 9.97. The molecule has 0 saturated carbocycles. The fourth-order valence-electron chi connectivity index (χ4n) is 6.09. The lowest BCUT2D eigenvalue weighted by Crippen LogP contribution is -2.55. The molecule has 6 atom stereocenters. The number of hydrogen-bond acceptors (Lipinski definition) is 9. The summed E-state index contributed by atoms with van der Waals surface area (Å²) in [5, 5.41) is 10.8. The smallest absolute Gasteiger partial charge is 0.328 e. The molecule has 14 heteroatoms. The minimum Gasteiger partial charge on any atom is -0.467 e. The number of methoxy groups -OCH3 is 2. The first-order valence-electron chi connectivity index (χ1n) is 16.9. The number of carbonyl (C=O) groups is 7. The normalized spacial score (nSPS) is 25.6. The van der Waals surface area contributed by atoms with Gasteiger partial charge in [-0.25, -0.2) is 9.59 Å². The Kier molecular flexibility index (Phi) is 13.9. The maximum absolute atomic E-state index is 14.0. The Morgan fingerprint density at radius 1 is 0.784 bits per heavy atom. The third-order valence-electron chi connectivity index (χ3n) is 9.01. The monoisotopic (exact) mass is 703 g/mol. The van der Waals surface area contributed by atoms with Gasteiger partial charge < -0.3 is 35.6 Å². The number of ether oxygens (including phenoxy) is 2. The van der Waals surface area contributed by atoms with Crippen LogP contribution in [0.2, 0.25) is 0 Å². The van der Waals surface area contributed by atoms with Crippen molar-refractivity contribution in [2.75, 3.05) is 20.8 Å². The summed E-state index contributed by atoms with van der Waals surface area (Å²) in [6.45, 7) is 1.84. The molecule has 2 aliphatic heterocycles. The molecule has 0 aromatic heterocycles. The van der Waals surface area contributed by atoms with Crippen molar-refractivity contribution in [1.82, 2.24) is 26.2 Å². The van der Waals surface area contributed by atoms with Gasteiger partial charge in [-0.15, -0.1) is 0 Å². The summed E-state index contributed by atoms with van der Waals surface area (Å²) in [5.41, 5.74) is 1.52. The molecule has 2 aromatic carbocycles. The van der Waals surface area contributed by atoms with E-state index in [1.165, 1.54) is 12.0 Å². The van der Waals surface area contributed by atoms with E-state index in [1.807, 2.05) is 36.4 Å². The zero-order valence-electron chi connectivity index (χ0n) is 29.0. The Balaban J connectivity index is 1.72. The van der Waals surface area contributed by atoms with Crippen molar-refractivity contribution < 1.29 is 43.0 Å². The van der Waals surface area contributed by atoms with Gasteiger partial charge in [-0.2, -0.15) is 0 Å². The van der Waals surface area contributed by atoms with Crippen molar-refractivity contribution in [2.24, 2.45) is 5.92 Å². The van der Waals surface area contributed by atoms with E-state index in [1.54, 1.807) is 43.3 Å². The fourth-order valence-corrected chi connectivity index (χ4v) is 6.09. The lowest BCUT2D eigenvalue weighted by molar-refractivity contribution is -0.148. The Labute approximate surface area is 296 Å². The van der Waals surface area contributed by atoms with Crippen LogP contribution < -0.4 is 21.3 Å². The third-order valence-corrected chi connectivity index (χ3v) is 9.01. The molecule has 51 heavy (non-hydrogen) atoms. The number of rotatable bonds is 6. The second-order valence-electron chi connectivity index (χ2n) is 12.6. The van der Waals surface area contributed by atoms with Crippen molar-refractivity contribution in [2.45, 2.75) is 75.7 Å². The molecular weight excluding hydrogens is 658 g/mol. The van der Waals surface area contributed by atoms with Crippen LogP contribution in [0.3, 0.4) is 0 Å². The van der Waals surface area contributed by atoms with E-state index < -0.39 is 84.0 Å². The first-order chi connectivity index (χ1) is 24.5. The van der Waals surface area contributed by atoms with Gasteiger partial charge in [0.2, 0.25) is 29.5 Å². The molecule has 5 amide bonds. The van der Waals surface area contributed by atoms with Crippen molar-refractivity contribution >= 4 is 47.6 Å². The van der Waals surface area contributed by atoms with Gasteiger partial charge in [0.25, 0.3) is 0 Å². The summed E-state index contributed by atoms with van der Waals surface area (Å²) in [6, 6.07) is 12.5. The summed E-state index contributed by atoms with van der Waals surface area (Å²) in [4.78, 5) is 94.9. The van der Waals surface area contributed by atoms with E-state index in [9.17, 15) is 33.6 Å². The molecule has 2 fully saturated rings. The Hall–Kier alpha value is -5.53. The summed E-state index contributed by atoms with van der Waals surface area (Å²) < 4.78 is 9.80. The molecule has 0 spiro atoms. The van der Waals surface area contributed by atoms with Crippen molar-refractivity contribution in [3.8, 4) is 0 Å². The highest BCUT2D eigenvalue weighted by Gasteiger charge is 2.38. The molecule has 2 aromatic rings. The average Bonchev–Trinajstić information content (AvgIpc) is 3.64. The quantitative estimate of drug-likeness (QED) is 0.319. The molecule has 0 bridgehead atoms. The largest absolute Gasteiger partial charge is 0.467 e. The van der Waals surface area contributed by atoms with Crippen molar-refractivity contribution in [3.63, 3.8) is 0 Å². The zero-order chi connectivity index (χ0) is 36.9. The predicted molar refractivity (Wildman–Crippen MR) is 185 cm³/mol. The maximum atomic E-state index is 14.0. The molecule has 272 valence electrons. The van der Waals surface area contributed by atoms with Gasteiger partial charge >= 0.3 is 11.9 Å². The van der Waals surface area contributed by atoms with E-state index in [4.69, 9.17) is 9.47 Å². The highest BCUT2D eigenvalue weighted by Crippen LogP contribution is 2.21. The molecule has 2 saturated heterocycles. The third kappa shape index (κ3) is 10.7. The predicted octanol–water partition coefficient (Wildman–Crippen LogP) is 1.04. The van der Waals surface area contributed by atoms with Crippen LogP contribution in [-0.2, 0) is 49.5 Å². The van der Waals surface area contributed by atoms with Crippen LogP contribution in [0.4, 0.5) is 0 Å². The minimum absolute atomic E-state index is 0.0624. The maximum Gasteiger partial charge on any atom is 0.328 e. The molecular formula is C37H45N5O9. The van der Waals surface area contributed by atoms with E-state index in [0.717, 1.165) is 18.2 Å². The summed E-state index contributed by atoms with van der Waals surface area (Å²) in [6.07, 6.45) is 3.40. The number of nitrogens with one attached hydrogen (secondary N) is 4. The zero-order valence-corrected chi connectivity index (χ0v) is 29.0. The van der Waals surface area contributed by atoms with Gasteiger partial charge in [0.1, 0.15) is 24.2 Å². The number of amides is 5. The lowest BCUT2D eigenvalue weighted by Gasteiger charge is -2.27. The number of benzene rings is 2. The van der Waals surface area contributed by atoms with Crippen LogP contribution in [0.25, 0.3) is 6.08 Å². The first-order valence-corrected chi connectivity index (χ1v) is 16.9. The molecule has 14 nitrogen and oxygen atoms in total. The van der Waals surface area contributed by atoms with Gasteiger partial charge in [0.15, 0.2) is 0 Å². The topological polar surface area (TPSA) is 189 Å². The molecule has 2 aliphatic rings. The SMILES string of the molecule is COC(=O)[C@H]1CCC(=O)N2CCC[C@H]2C(=O)N[C@@H](C(=O)OC)CC(=O)N[C@@H](Cc2ccccc2)C(=O)N[C@@H](/C=C/c2ccccc2)[C@@H](C)C(=O)N1. The van der Waals surface area contributed by atoms with Crippen LogP contribution in [0.5, 0.6) is 0 Å². The van der Waals surface area contributed by atoms with Crippen LogP contribution in [-0.4, -0.2) is 97.3 Å². The van der Waals surface area contributed by atoms with Crippen molar-refractivity contribution in [3.05, 3.63) is 77.9 Å². The molecule has 0 radical (unpaired) electrons. The van der Waals surface area contributed by atoms with E-state index in [0.29, 0.717) is 12.8 Å². The molecule has 4 N–H and O–H groups in total. The van der Waals surface area contributed by atoms with Crippen LogP contribution in [0, 0.1) is 5.92 Å². The minimum atomic E-state index is -1.41. The number of fused-ring (bicyclic) bond motifs is 1. The Morgan fingerprint density at radius 2 is 1.41 bits per heavy atom. The standard InChI is InChI=1S/C37H45N5O9/c1-23-26(17-16-24-11-6-4-7-12-24)39-34(46)28(21-25-13-8-5-9-14-25)38-31(43)22-29(37(49)51-3)41-35(47)30-15-10-20-42(30)32(44)19-18-27(36(48)50-2)40-33(23)45/h4-9,11-14,16-17,23,26-30H,10,15,18-22H2,1-3H3,(H,38,43)(H,39,46)(H,40,45)(H,41,47)/b17-16+/t23-,26+,27-,28+,29-,30+/m1/s1. The van der Waals surface area contributed by atoms with Crippen LogP contribution >= 0.6 is 0 Å². The number of esters is 2. The second-order valence-corrected chi connectivity index (χ2v) is 12.6. The van der Waals surface area contributed by atoms with Gasteiger partial charge in [0.05, 0.1) is 32.6 Å². The summed E-state index contributed by atoms with van der Waals surface area (Å²) in [5.74, 6) is -5.62. The molecule has 0 aliphatic carbocycles. The summed E-state index contributed by atoms with van der Waals surface area (Å²) in [7, 11) is 2.29. The molecule has 0 unspecified atom stereocenters. The molecule has 4 rings (SSSR count). The van der Waals surface area contributed by atoms with E-state index in [-0.39, 0.29) is 25.8 Å². The average molecular weight is 704 g/mol. The van der Waals surface area contributed by atoms with Gasteiger partial charge in [-0.3, -0.25) is 24.0 Å². The van der Waals surface area contributed by atoms with Crippen LogP contribution in [0.15, 0.2) is 66.7 Å². The Morgan fingerprint density at radius 3 is 2.08 bits per heavy atom. The highest BCUT2D eigenvalue weighted by molar-refractivity contribution is 5.95.